The molecule has 6 heteroatoms. The molecule has 0 spiro atoms. The average Bonchev–Trinajstić information content (AvgIpc) is 3.08. The third-order valence-electron chi connectivity index (χ3n) is 3.48. The highest BCUT2D eigenvalue weighted by Gasteiger charge is 2.29. The van der Waals surface area contributed by atoms with Crippen LogP contribution in [-0.2, 0) is 14.2 Å². The van der Waals surface area contributed by atoms with Crippen LogP contribution in [0, 0.1) is 0 Å². The van der Waals surface area contributed by atoms with E-state index in [2.05, 4.69) is 5.32 Å². The van der Waals surface area contributed by atoms with E-state index in [1.165, 1.54) is 6.42 Å². The number of amides is 1. The normalized spacial score (nSPS) is 24.3. The van der Waals surface area contributed by atoms with E-state index < -0.39 is 5.60 Å². The first-order valence-electron chi connectivity index (χ1n) is 7.60. The fourth-order valence-corrected chi connectivity index (χ4v) is 2.24. The minimum Gasteiger partial charge on any atom is -0.444 e. The molecule has 2 rings (SSSR count). The van der Waals surface area contributed by atoms with Crippen molar-refractivity contribution < 1.29 is 19.0 Å². The maximum absolute atomic E-state index is 11.6. The Morgan fingerprint density at radius 3 is 2.14 bits per heavy atom. The van der Waals surface area contributed by atoms with Gasteiger partial charge < -0.3 is 24.4 Å². The Labute approximate surface area is 135 Å². The highest BCUT2D eigenvalue weighted by molar-refractivity contribution is 5.68. The Bertz CT molecular complexity index is 312. The van der Waals surface area contributed by atoms with Crippen molar-refractivity contribution >= 4 is 6.09 Å². The van der Waals surface area contributed by atoms with E-state index in [1.807, 2.05) is 20.8 Å². The van der Waals surface area contributed by atoms with Crippen molar-refractivity contribution in [2.24, 2.45) is 0 Å². The van der Waals surface area contributed by atoms with Crippen LogP contribution in [0.2, 0.25) is 0 Å². The second kappa shape index (κ2) is 10.0. The van der Waals surface area contributed by atoms with E-state index in [4.69, 9.17) is 14.2 Å². The van der Waals surface area contributed by atoms with Crippen molar-refractivity contribution in [3.8, 4) is 0 Å². The molecule has 0 aromatic rings. The van der Waals surface area contributed by atoms with Gasteiger partial charge in [0.2, 0.25) is 0 Å². The molecule has 0 saturated carbocycles. The van der Waals surface area contributed by atoms with E-state index in [1.54, 1.807) is 19.1 Å². The van der Waals surface area contributed by atoms with Crippen molar-refractivity contribution in [3.05, 3.63) is 0 Å². The third-order valence-corrected chi connectivity index (χ3v) is 3.48. The van der Waals surface area contributed by atoms with Crippen LogP contribution in [0.15, 0.2) is 0 Å². The van der Waals surface area contributed by atoms with Gasteiger partial charge in [0.25, 0.3) is 0 Å². The van der Waals surface area contributed by atoms with Crippen LogP contribution in [0.25, 0.3) is 0 Å². The zero-order chi connectivity index (χ0) is 15.9. The van der Waals surface area contributed by atoms with Crippen molar-refractivity contribution in [2.45, 2.75) is 58.8 Å². The molecule has 0 aliphatic carbocycles. The summed E-state index contributed by atoms with van der Waals surface area (Å²) in [5.74, 6) is 0. The first-order valence-corrected chi connectivity index (χ1v) is 7.60. The molecule has 0 aromatic carbocycles. The van der Waals surface area contributed by atoms with Gasteiger partial charge in [-0.15, -0.1) is 0 Å². The Kier molecular flexibility index (Phi) is 9.64. The van der Waals surface area contributed by atoms with E-state index in [-0.39, 0.29) is 19.6 Å². The number of methoxy groups -OCH3 is 2. The molecule has 0 radical (unpaired) electrons. The van der Waals surface area contributed by atoms with Gasteiger partial charge in [0.05, 0.1) is 18.8 Å². The van der Waals surface area contributed by atoms with Crippen LogP contribution in [-0.4, -0.2) is 69.2 Å². The molecule has 2 aliphatic rings. The number of nitrogens with one attached hydrogen (secondary N) is 1. The molecule has 1 amide bonds. The summed E-state index contributed by atoms with van der Waals surface area (Å²) >= 11 is 0. The Morgan fingerprint density at radius 1 is 1.14 bits per heavy atom. The number of ether oxygens (including phenoxy) is 3. The minimum atomic E-state index is -0.414. The summed E-state index contributed by atoms with van der Waals surface area (Å²) in [5, 5.41) is 3.20. The summed E-state index contributed by atoms with van der Waals surface area (Å²) in [6.07, 6.45) is 2.49. The summed E-state index contributed by atoms with van der Waals surface area (Å²) in [5.41, 5.74) is -0.414. The predicted molar refractivity (Wildman–Crippen MR) is 88.2 cm³/mol. The van der Waals surface area contributed by atoms with Gasteiger partial charge in [-0.25, -0.2) is 4.79 Å². The van der Waals surface area contributed by atoms with Gasteiger partial charge in [-0.05, 0) is 40.2 Å². The lowest BCUT2D eigenvalue weighted by molar-refractivity contribution is 0.0253. The molecule has 2 heterocycles. The molecule has 2 saturated heterocycles. The quantitative estimate of drug-likeness (QED) is 0.846. The Balaban J connectivity index is 0.000000465. The summed E-state index contributed by atoms with van der Waals surface area (Å²) in [6.45, 7) is 9.15. The molecule has 2 fully saturated rings. The van der Waals surface area contributed by atoms with Crippen molar-refractivity contribution in [3.63, 3.8) is 0 Å². The zero-order valence-electron chi connectivity index (χ0n) is 14.0. The molecule has 6 nitrogen and oxygen atoms in total. The second-order valence-electron chi connectivity index (χ2n) is 6.42. The summed E-state index contributed by atoms with van der Waals surface area (Å²) in [4.78, 5) is 13.3. The van der Waals surface area contributed by atoms with Gasteiger partial charge >= 0.3 is 6.09 Å². The van der Waals surface area contributed by atoms with Crippen LogP contribution < -0.4 is 5.32 Å². The van der Waals surface area contributed by atoms with Gasteiger partial charge in [0.1, 0.15) is 5.60 Å². The lowest BCUT2D eigenvalue weighted by atomic mass is 10.2. The van der Waals surface area contributed by atoms with Gasteiger partial charge in [-0.2, -0.15) is 0 Å². The highest BCUT2D eigenvalue weighted by atomic mass is 16.6. The van der Waals surface area contributed by atoms with Gasteiger partial charge in [0.15, 0.2) is 0 Å². The van der Waals surface area contributed by atoms with Crippen LogP contribution in [0.4, 0.5) is 4.79 Å². The highest BCUT2D eigenvalue weighted by Crippen LogP contribution is 2.16. The third kappa shape index (κ3) is 7.96. The Morgan fingerprint density at radius 2 is 1.77 bits per heavy atom. The van der Waals surface area contributed by atoms with Crippen LogP contribution in [0.1, 0.15) is 41.0 Å². The van der Waals surface area contributed by atoms with Gasteiger partial charge in [0, 0.05) is 27.3 Å². The summed E-state index contributed by atoms with van der Waals surface area (Å²) < 4.78 is 15.5. The molecular weight excluding hydrogens is 284 g/mol. The number of carbonyl (C=O) groups excluding carboxylic acids is 1. The second-order valence-corrected chi connectivity index (χ2v) is 6.42. The number of carbonyl (C=O) groups is 1. The van der Waals surface area contributed by atoms with E-state index in [0.29, 0.717) is 12.6 Å². The molecular formula is C16H34N2O4. The lowest BCUT2D eigenvalue weighted by Gasteiger charge is -2.24. The molecule has 0 aromatic heterocycles. The van der Waals surface area contributed by atoms with Crippen LogP contribution in [0.3, 0.4) is 0 Å². The number of hydrogen-bond acceptors (Lipinski definition) is 5. The van der Waals surface area contributed by atoms with Crippen LogP contribution in [0.5, 0.6) is 0 Å². The standard InChI is InChI=1S/C10H19NO3.C5H11NO.CH4/c1-10(2,3)14-9(12)11-6-5-8(7-11)13-4;1-7-5-2-3-6-4-5;/h8H,5-7H2,1-4H3;5-6H,2-4H2,1H3;1H4. The first kappa shape index (κ1) is 21.1. The summed E-state index contributed by atoms with van der Waals surface area (Å²) in [7, 11) is 3.43. The number of nitrogens with zero attached hydrogens (tertiary/aromatic N) is 1. The predicted octanol–water partition coefficient (Wildman–Crippen LogP) is 2.27. The molecule has 1 N–H and O–H groups in total. The molecule has 2 aliphatic heterocycles. The lowest BCUT2D eigenvalue weighted by Crippen LogP contribution is -2.35. The fourth-order valence-electron chi connectivity index (χ4n) is 2.24. The molecule has 132 valence electrons. The molecule has 0 bridgehead atoms. The Hall–Kier alpha value is -0.850. The van der Waals surface area contributed by atoms with Gasteiger partial charge in [-0.1, -0.05) is 7.43 Å². The van der Waals surface area contributed by atoms with E-state index in [0.717, 1.165) is 26.1 Å². The largest absolute Gasteiger partial charge is 0.444 e. The zero-order valence-corrected chi connectivity index (χ0v) is 14.0. The monoisotopic (exact) mass is 318 g/mol. The molecule has 2 unspecified atom stereocenters. The number of likely N-dealkylation sites (tertiary alicyclic amines) is 1. The molecule has 22 heavy (non-hydrogen) atoms. The van der Waals surface area contributed by atoms with Crippen molar-refractivity contribution in [2.75, 3.05) is 40.4 Å². The first-order chi connectivity index (χ1) is 9.85. The summed E-state index contributed by atoms with van der Waals surface area (Å²) in [6, 6.07) is 0. The van der Waals surface area contributed by atoms with E-state index >= 15 is 0 Å². The van der Waals surface area contributed by atoms with Crippen LogP contribution >= 0.6 is 0 Å². The van der Waals surface area contributed by atoms with Crippen molar-refractivity contribution in [1.29, 1.82) is 0 Å². The number of hydrogen-bond donors (Lipinski definition) is 1. The number of rotatable bonds is 2. The van der Waals surface area contributed by atoms with E-state index in [9.17, 15) is 4.79 Å². The van der Waals surface area contributed by atoms with Crippen molar-refractivity contribution in [1.82, 2.24) is 10.2 Å². The fraction of sp³-hybridized carbons (Fsp3) is 0.938. The topological polar surface area (TPSA) is 60.0 Å². The maximum Gasteiger partial charge on any atom is 0.410 e. The maximum atomic E-state index is 11.6. The minimum absolute atomic E-state index is 0. The average molecular weight is 318 g/mol. The molecule has 2 atom stereocenters. The SMILES string of the molecule is C.COC1CCN(C(=O)OC(C)(C)C)C1.COC1CCNC1. The van der Waals surface area contributed by atoms with Gasteiger partial charge in [-0.3, -0.25) is 0 Å². The smallest absolute Gasteiger partial charge is 0.410 e.